The molecule has 0 amide bonds. The molecule has 6 heteroatoms. The van der Waals surface area contributed by atoms with E-state index in [0.29, 0.717) is 5.92 Å². The number of nitrogens with zero attached hydrogens (tertiary/aromatic N) is 2. The zero-order valence-corrected chi connectivity index (χ0v) is 18.5. The Morgan fingerprint density at radius 3 is 2.47 bits per heavy atom. The number of guanidine groups is 1. The number of hydrogen-bond acceptors (Lipinski definition) is 4. The number of rotatable bonds is 8. The van der Waals surface area contributed by atoms with Crippen molar-refractivity contribution in [1.29, 1.82) is 0 Å². The molecule has 3 rings (SSSR count). The lowest BCUT2D eigenvalue weighted by Crippen LogP contribution is -2.40. The van der Waals surface area contributed by atoms with Crippen LogP contribution in [0.15, 0.2) is 47.5 Å². The monoisotopic (exact) mass is 411 g/mol. The van der Waals surface area contributed by atoms with Gasteiger partial charge in [-0.05, 0) is 55.2 Å². The van der Waals surface area contributed by atoms with Crippen molar-refractivity contribution in [3.8, 4) is 17.2 Å². The highest BCUT2D eigenvalue weighted by Crippen LogP contribution is 2.29. The highest BCUT2D eigenvalue weighted by atomic mass is 16.5. The first-order valence-electron chi connectivity index (χ1n) is 10.6. The molecule has 30 heavy (non-hydrogen) atoms. The van der Waals surface area contributed by atoms with Gasteiger partial charge in [-0.1, -0.05) is 18.2 Å². The standard InChI is InChI=1S/C24H33N3O3/c1-5-25-24(26-14-12-18-6-11-22(29-3)23(16-18)30-4)27-15-13-20(17-27)19-7-9-21(28-2)10-8-19/h6-11,16,20H,5,12-15,17H2,1-4H3,(H,25,26). The lowest BCUT2D eigenvalue weighted by atomic mass is 9.98. The van der Waals surface area contributed by atoms with E-state index in [1.165, 1.54) is 11.1 Å². The molecule has 0 saturated carbocycles. The molecule has 1 atom stereocenters. The van der Waals surface area contributed by atoms with Crippen molar-refractivity contribution in [3.63, 3.8) is 0 Å². The molecule has 1 fully saturated rings. The molecule has 0 bridgehead atoms. The van der Waals surface area contributed by atoms with Gasteiger partial charge >= 0.3 is 0 Å². The summed E-state index contributed by atoms with van der Waals surface area (Å²) in [6.45, 7) is 5.69. The molecular formula is C24H33N3O3. The topological polar surface area (TPSA) is 55.3 Å². The van der Waals surface area contributed by atoms with Gasteiger partial charge in [0.05, 0.1) is 21.3 Å². The fourth-order valence-corrected chi connectivity index (χ4v) is 3.85. The van der Waals surface area contributed by atoms with E-state index in [0.717, 1.165) is 62.2 Å². The van der Waals surface area contributed by atoms with Gasteiger partial charge in [-0.3, -0.25) is 4.99 Å². The summed E-state index contributed by atoms with van der Waals surface area (Å²) in [6.07, 6.45) is 1.98. The van der Waals surface area contributed by atoms with Gasteiger partial charge in [-0.15, -0.1) is 0 Å². The van der Waals surface area contributed by atoms with Crippen molar-refractivity contribution in [2.24, 2.45) is 4.99 Å². The lowest BCUT2D eigenvalue weighted by Gasteiger charge is -2.22. The highest BCUT2D eigenvalue weighted by Gasteiger charge is 2.26. The second-order valence-electron chi connectivity index (χ2n) is 7.38. The number of likely N-dealkylation sites (tertiary alicyclic amines) is 1. The van der Waals surface area contributed by atoms with E-state index in [2.05, 4.69) is 35.3 Å². The van der Waals surface area contributed by atoms with Crippen molar-refractivity contribution in [2.45, 2.75) is 25.7 Å². The molecule has 6 nitrogen and oxygen atoms in total. The molecular weight excluding hydrogens is 378 g/mol. The predicted octanol–water partition coefficient (Wildman–Crippen LogP) is 3.71. The van der Waals surface area contributed by atoms with Crippen LogP contribution in [0, 0.1) is 0 Å². The van der Waals surface area contributed by atoms with Crippen molar-refractivity contribution in [2.75, 3.05) is 47.5 Å². The van der Waals surface area contributed by atoms with E-state index in [1.807, 2.05) is 24.3 Å². The summed E-state index contributed by atoms with van der Waals surface area (Å²) in [4.78, 5) is 7.25. The van der Waals surface area contributed by atoms with Gasteiger partial charge in [0, 0.05) is 32.1 Å². The second-order valence-corrected chi connectivity index (χ2v) is 7.38. The smallest absolute Gasteiger partial charge is 0.193 e. The Morgan fingerprint density at radius 2 is 1.80 bits per heavy atom. The number of aliphatic imine (C=N–C) groups is 1. The number of methoxy groups -OCH3 is 3. The maximum atomic E-state index is 5.40. The highest BCUT2D eigenvalue weighted by molar-refractivity contribution is 5.80. The van der Waals surface area contributed by atoms with Crippen LogP contribution in [0.3, 0.4) is 0 Å². The maximum absolute atomic E-state index is 5.40. The SMILES string of the molecule is CCNC(=NCCc1ccc(OC)c(OC)c1)N1CCC(c2ccc(OC)cc2)C1. The van der Waals surface area contributed by atoms with E-state index < -0.39 is 0 Å². The summed E-state index contributed by atoms with van der Waals surface area (Å²) in [7, 11) is 5.02. The van der Waals surface area contributed by atoms with Crippen LogP contribution in [0.5, 0.6) is 17.2 Å². The second kappa shape index (κ2) is 10.8. The average molecular weight is 412 g/mol. The summed E-state index contributed by atoms with van der Waals surface area (Å²) >= 11 is 0. The fourth-order valence-electron chi connectivity index (χ4n) is 3.85. The predicted molar refractivity (Wildman–Crippen MR) is 121 cm³/mol. The normalized spacial score (nSPS) is 16.5. The minimum absolute atomic E-state index is 0.519. The van der Waals surface area contributed by atoms with E-state index in [4.69, 9.17) is 19.2 Å². The summed E-state index contributed by atoms with van der Waals surface area (Å²) in [5.41, 5.74) is 2.55. The molecule has 1 heterocycles. The quantitative estimate of drug-likeness (QED) is 0.530. The molecule has 0 aliphatic carbocycles. The Balaban J connectivity index is 1.61. The van der Waals surface area contributed by atoms with Gasteiger partial charge in [-0.2, -0.15) is 0 Å². The Kier molecular flexibility index (Phi) is 7.82. The molecule has 2 aromatic rings. The zero-order valence-electron chi connectivity index (χ0n) is 18.5. The zero-order chi connectivity index (χ0) is 21.3. The molecule has 1 aliphatic rings. The van der Waals surface area contributed by atoms with Gasteiger partial charge in [0.25, 0.3) is 0 Å². The van der Waals surface area contributed by atoms with Crippen LogP contribution in [0.25, 0.3) is 0 Å². The molecule has 162 valence electrons. The van der Waals surface area contributed by atoms with Gasteiger partial charge < -0.3 is 24.4 Å². The number of hydrogen-bond donors (Lipinski definition) is 1. The van der Waals surface area contributed by atoms with Gasteiger partial charge in [0.15, 0.2) is 17.5 Å². The Bertz CT molecular complexity index is 836. The molecule has 2 aromatic carbocycles. The van der Waals surface area contributed by atoms with Crippen LogP contribution in [0.4, 0.5) is 0 Å². The van der Waals surface area contributed by atoms with Crippen LogP contribution in [0.1, 0.15) is 30.4 Å². The minimum Gasteiger partial charge on any atom is -0.497 e. The van der Waals surface area contributed by atoms with Crippen LogP contribution < -0.4 is 19.5 Å². The summed E-state index contributed by atoms with van der Waals surface area (Å²) in [6, 6.07) is 14.5. The van der Waals surface area contributed by atoms with E-state index in [9.17, 15) is 0 Å². The molecule has 1 N–H and O–H groups in total. The van der Waals surface area contributed by atoms with Gasteiger partial charge in [0.2, 0.25) is 0 Å². The maximum Gasteiger partial charge on any atom is 0.193 e. The Hall–Kier alpha value is -2.89. The van der Waals surface area contributed by atoms with Crippen molar-refractivity contribution in [3.05, 3.63) is 53.6 Å². The van der Waals surface area contributed by atoms with E-state index in [1.54, 1.807) is 21.3 Å². The Labute approximate surface area is 179 Å². The first-order valence-corrected chi connectivity index (χ1v) is 10.6. The lowest BCUT2D eigenvalue weighted by molar-refractivity contribution is 0.354. The number of benzene rings is 2. The summed E-state index contributed by atoms with van der Waals surface area (Å²) in [5, 5.41) is 3.45. The van der Waals surface area contributed by atoms with Crippen LogP contribution in [0.2, 0.25) is 0 Å². The van der Waals surface area contributed by atoms with Gasteiger partial charge in [0.1, 0.15) is 5.75 Å². The third kappa shape index (κ3) is 5.38. The Morgan fingerprint density at radius 1 is 1.03 bits per heavy atom. The molecule has 0 spiro atoms. The molecule has 0 aromatic heterocycles. The largest absolute Gasteiger partial charge is 0.497 e. The summed E-state index contributed by atoms with van der Waals surface area (Å²) < 4.78 is 16.0. The fraction of sp³-hybridized carbons (Fsp3) is 0.458. The van der Waals surface area contributed by atoms with E-state index >= 15 is 0 Å². The number of nitrogens with one attached hydrogen (secondary N) is 1. The molecule has 0 radical (unpaired) electrons. The first-order chi connectivity index (χ1) is 14.7. The van der Waals surface area contributed by atoms with Crippen LogP contribution >= 0.6 is 0 Å². The summed E-state index contributed by atoms with van der Waals surface area (Å²) in [5.74, 6) is 3.92. The minimum atomic E-state index is 0.519. The first kappa shape index (κ1) is 21.8. The van der Waals surface area contributed by atoms with E-state index in [-0.39, 0.29) is 0 Å². The average Bonchev–Trinajstić information content (AvgIpc) is 3.28. The van der Waals surface area contributed by atoms with Crippen LogP contribution in [-0.2, 0) is 6.42 Å². The molecule has 1 unspecified atom stereocenters. The van der Waals surface area contributed by atoms with Crippen molar-refractivity contribution < 1.29 is 14.2 Å². The van der Waals surface area contributed by atoms with Gasteiger partial charge in [-0.25, -0.2) is 0 Å². The molecule has 1 aliphatic heterocycles. The molecule has 1 saturated heterocycles. The van der Waals surface area contributed by atoms with Crippen molar-refractivity contribution >= 4 is 5.96 Å². The third-order valence-corrected chi connectivity index (χ3v) is 5.52. The third-order valence-electron chi connectivity index (χ3n) is 5.52. The van der Waals surface area contributed by atoms with Crippen molar-refractivity contribution in [1.82, 2.24) is 10.2 Å². The number of ether oxygens (including phenoxy) is 3. The van der Waals surface area contributed by atoms with Crippen LogP contribution in [-0.4, -0.2) is 58.4 Å².